The number of halogens is 1. The van der Waals surface area contributed by atoms with Crippen molar-refractivity contribution in [2.45, 2.75) is 18.4 Å². The second kappa shape index (κ2) is 8.62. The summed E-state index contributed by atoms with van der Waals surface area (Å²) >= 11 is 0. The number of aryl methyl sites for hydroxylation is 1. The molecule has 134 valence electrons. The number of nitrogens with zero attached hydrogens (tertiary/aromatic N) is 1. The maximum atomic E-state index is 13.6. The molecule has 0 radical (unpaired) electrons. The van der Waals surface area contributed by atoms with E-state index in [2.05, 4.69) is 21.7 Å². The van der Waals surface area contributed by atoms with Crippen molar-refractivity contribution in [2.75, 3.05) is 19.3 Å². The molecule has 0 fully saturated rings. The molecule has 0 aliphatic rings. The Morgan fingerprint density at radius 3 is 2.56 bits per heavy atom. The number of nitrogens with one attached hydrogen (secondary N) is 2. The Hall–Kier alpha value is -2.41. The smallest absolute Gasteiger partial charge is 0.191 e. The second-order valence-corrected chi connectivity index (χ2v) is 7.67. The molecular weight excluding hydrogens is 341 g/mol. The number of hydrogen-bond donors (Lipinski definition) is 2. The molecule has 0 heterocycles. The van der Waals surface area contributed by atoms with Gasteiger partial charge in [0.05, 0.1) is 5.75 Å². The quantitative estimate of drug-likeness (QED) is 0.610. The summed E-state index contributed by atoms with van der Waals surface area (Å²) in [4.78, 5) is 3.78. The van der Waals surface area contributed by atoms with Crippen LogP contribution in [-0.4, -0.2) is 33.7 Å². The lowest BCUT2D eigenvalue weighted by Crippen LogP contribution is -2.39. The van der Waals surface area contributed by atoms with Gasteiger partial charge in [0.1, 0.15) is 10.7 Å². The molecule has 25 heavy (non-hydrogen) atoms. The Morgan fingerprint density at radius 2 is 1.88 bits per heavy atom. The van der Waals surface area contributed by atoms with E-state index in [4.69, 9.17) is 0 Å². The largest absolute Gasteiger partial charge is 0.355 e. The monoisotopic (exact) mass is 363 g/mol. The van der Waals surface area contributed by atoms with E-state index in [1.165, 1.54) is 23.8 Å². The Morgan fingerprint density at radius 1 is 1.12 bits per heavy atom. The molecule has 0 amide bonds. The molecule has 0 saturated carbocycles. The predicted molar refractivity (Wildman–Crippen MR) is 97.8 cm³/mol. The Labute approximate surface area is 147 Å². The van der Waals surface area contributed by atoms with Crippen molar-refractivity contribution in [2.24, 2.45) is 4.99 Å². The van der Waals surface area contributed by atoms with Crippen LogP contribution in [0, 0.1) is 12.7 Å². The molecule has 2 aromatic carbocycles. The molecule has 0 saturated heterocycles. The zero-order valence-corrected chi connectivity index (χ0v) is 15.1. The van der Waals surface area contributed by atoms with Crippen LogP contribution in [-0.2, 0) is 16.4 Å². The predicted octanol–water partition coefficient (Wildman–Crippen LogP) is 2.27. The zero-order chi connectivity index (χ0) is 18.3. The molecule has 7 heteroatoms. The number of guanidine groups is 1. The van der Waals surface area contributed by atoms with E-state index < -0.39 is 15.7 Å². The van der Waals surface area contributed by atoms with E-state index in [1.54, 1.807) is 7.05 Å². The van der Waals surface area contributed by atoms with Gasteiger partial charge in [0.25, 0.3) is 0 Å². The van der Waals surface area contributed by atoms with Crippen LogP contribution in [0.25, 0.3) is 0 Å². The van der Waals surface area contributed by atoms with Crippen molar-refractivity contribution in [1.82, 2.24) is 10.6 Å². The van der Waals surface area contributed by atoms with Gasteiger partial charge < -0.3 is 10.6 Å². The van der Waals surface area contributed by atoms with E-state index in [1.807, 2.05) is 25.1 Å². The standard InChI is InChI=1S/C18H22FN3O2S/c1-14-6-5-7-15(12-14)13-22-18(20-2)21-10-11-25(23,24)17-9-4-3-8-16(17)19/h3-9,12H,10-11,13H2,1-2H3,(H2,20,21,22). The van der Waals surface area contributed by atoms with Gasteiger partial charge in [0.15, 0.2) is 15.8 Å². The highest BCUT2D eigenvalue weighted by atomic mass is 32.2. The summed E-state index contributed by atoms with van der Waals surface area (Å²) in [5.74, 6) is -0.464. The van der Waals surface area contributed by atoms with E-state index >= 15 is 0 Å². The fourth-order valence-electron chi connectivity index (χ4n) is 2.34. The molecular formula is C18H22FN3O2S. The lowest BCUT2D eigenvalue weighted by atomic mass is 10.1. The SMILES string of the molecule is CN=C(NCCS(=O)(=O)c1ccccc1F)NCc1cccc(C)c1. The summed E-state index contributed by atoms with van der Waals surface area (Å²) in [6.45, 7) is 2.72. The van der Waals surface area contributed by atoms with E-state index in [-0.39, 0.29) is 17.2 Å². The Bertz CT molecular complexity index is 851. The third-order valence-corrected chi connectivity index (χ3v) is 5.34. The van der Waals surface area contributed by atoms with E-state index in [9.17, 15) is 12.8 Å². The topological polar surface area (TPSA) is 70.6 Å². The molecule has 0 atom stereocenters. The number of rotatable bonds is 6. The first-order valence-corrected chi connectivity index (χ1v) is 9.55. The summed E-state index contributed by atoms with van der Waals surface area (Å²) in [5.41, 5.74) is 2.26. The fourth-order valence-corrected chi connectivity index (χ4v) is 3.58. The van der Waals surface area contributed by atoms with Crippen LogP contribution in [0.4, 0.5) is 4.39 Å². The van der Waals surface area contributed by atoms with Gasteiger partial charge in [-0.15, -0.1) is 0 Å². The van der Waals surface area contributed by atoms with Crippen molar-refractivity contribution in [1.29, 1.82) is 0 Å². The maximum Gasteiger partial charge on any atom is 0.191 e. The molecule has 0 bridgehead atoms. The first-order valence-electron chi connectivity index (χ1n) is 7.90. The molecule has 2 rings (SSSR count). The summed E-state index contributed by atoms with van der Waals surface area (Å²) in [7, 11) is -2.08. The molecule has 0 aliphatic carbocycles. The van der Waals surface area contributed by atoms with Crippen LogP contribution in [0.1, 0.15) is 11.1 Å². The molecule has 0 aromatic heterocycles. The molecule has 0 spiro atoms. The third-order valence-electron chi connectivity index (χ3n) is 3.60. The van der Waals surface area contributed by atoms with Crippen LogP contribution in [0.5, 0.6) is 0 Å². The van der Waals surface area contributed by atoms with Crippen LogP contribution in [0.15, 0.2) is 58.4 Å². The van der Waals surface area contributed by atoms with Crippen LogP contribution < -0.4 is 10.6 Å². The van der Waals surface area contributed by atoms with Crippen molar-refractivity contribution < 1.29 is 12.8 Å². The van der Waals surface area contributed by atoms with Crippen molar-refractivity contribution in [3.8, 4) is 0 Å². The minimum atomic E-state index is -3.69. The van der Waals surface area contributed by atoms with Crippen LogP contribution >= 0.6 is 0 Å². The van der Waals surface area contributed by atoms with Crippen molar-refractivity contribution in [3.63, 3.8) is 0 Å². The average Bonchev–Trinajstić information content (AvgIpc) is 2.58. The van der Waals surface area contributed by atoms with Gasteiger partial charge in [-0.1, -0.05) is 42.0 Å². The average molecular weight is 363 g/mol. The van der Waals surface area contributed by atoms with Gasteiger partial charge in [0, 0.05) is 20.1 Å². The normalized spacial score (nSPS) is 12.0. The Kier molecular flexibility index (Phi) is 6.52. The van der Waals surface area contributed by atoms with Crippen LogP contribution in [0.3, 0.4) is 0 Å². The highest BCUT2D eigenvalue weighted by Crippen LogP contribution is 2.14. The zero-order valence-electron chi connectivity index (χ0n) is 14.3. The van der Waals surface area contributed by atoms with E-state index in [0.717, 1.165) is 11.6 Å². The highest BCUT2D eigenvalue weighted by molar-refractivity contribution is 7.91. The summed E-state index contributed by atoms with van der Waals surface area (Å²) in [6.07, 6.45) is 0. The summed E-state index contributed by atoms with van der Waals surface area (Å²) in [6, 6.07) is 13.4. The molecule has 5 nitrogen and oxygen atoms in total. The number of sulfone groups is 1. The Balaban J connectivity index is 1.88. The lowest BCUT2D eigenvalue weighted by Gasteiger charge is -2.12. The van der Waals surface area contributed by atoms with Crippen molar-refractivity contribution >= 4 is 15.8 Å². The first kappa shape index (κ1) is 18.9. The number of benzene rings is 2. The molecule has 0 aliphatic heterocycles. The fraction of sp³-hybridized carbons (Fsp3) is 0.278. The minimum Gasteiger partial charge on any atom is -0.355 e. The summed E-state index contributed by atoms with van der Waals surface area (Å²) < 4.78 is 38.0. The van der Waals surface area contributed by atoms with Gasteiger partial charge in [-0.3, -0.25) is 4.99 Å². The lowest BCUT2D eigenvalue weighted by molar-refractivity contribution is 0.566. The van der Waals surface area contributed by atoms with Gasteiger partial charge >= 0.3 is 0 Å². The van der Waals surface area contributed by atoms with Gasteiger partial charge in [-0.05, 0) is 24.6 Å². The molecule has 0 unspecified atom stereocenters. The van der Waals surface area contributed by atoms with Crippen LogP contribution in [0.2, 0.25) is 0 Å². The van der Waals surface area contributed by atoms with Crippen molar-refractivity contribution in [3.05, 3.63) is 65.5 Å². The summed E-state index contributed by atoms with van der Waals surface area (Å²) in [5, 5.41) is 6.06. The molecule has 2 aromatic rings. The number of hydrogen-bond acceptors (Lipinski definition) is 3. The maximum absolute atomic E-state index is 13.6. The molecule has 2 N–H and O–H groups in total. The first-order chi connectivity index (χ1) is 11.9. The minimum absolute atomic E-state index is 0.129. The van der Waals surface area contributed by atoms with Gasteiger partial charge in [-0.25, -0.2) is 12.8 Å². The van der Waals surface area contributed by atoms with E-state index in [0.29, 0.717) is 12.5 Å². The highest BCUT2D eigenvalue weighted by Gasteiger charge is 2.18. The number of aliphatic imine (C=N–C) groups is 1. The van der Waals surface area contributed by atoms with Gasteiger partial charge in [0.2, 0.25) is 0 Å². The second-order valence-electron chi connectivity index (χ2n) is 5.59. The van der Waals surface area contributed by atoms with Gasteiger partial charge in [-0.2, -0.15) is 0 Å². The third kappa shape index (κ3) is 5.56.